The number of rotatable bonds is 7. The van der Waals surface area contributed by atoms with Crippen LogP contribution >= 0.6 is 11.8 Å². The lowest BCUT2D eigenvalue weighted by Gasteiger charge is -2.17. The number of hydrogen-bond acceptors (Lipinski definition) is 4. The van der Waals surface area contributed by atoms with Gasteiger partial charge in [0.2, 0.25) is 0 Å². The molecule has 1 aromatic carbocycles. The Balaban J connectivity index is 1.48. The molecule has 0 aliphatic carbocycles. The minimum absolute atomic E-state index is 0.375. The molecule has 1 saturated heterocycles. The summed E-state index contributed by atoms with van der Waals surface area (Å²) >= 11 is 2.10. The van der Waals surface area contributed by atoms with Crippen LogP contribution in [0.2, 0.25) is 0 Å². The molecule has 0 saturated carbocycles. The highest BCUT2D eigenvalue weighted by Crippen LogP contribution is 2.26. The van der Waals surface area contributed by atoms with E-state index in [1.807, 2.05) is 29.9 Å². The minimum atomic E-state index is 0.375. The summed E-state index contributed by atoms with van der Waals surface area (Å²) in [6.45, 7) is 3.82. The van der Waals surface area contributed by atoms with Crippen LogP contribution < -0.4 is 10.1 Å². The summed E-state index contributed by atoms with van der Waals surface area (Å²) in [5, 5.41) is 4.44. The normalized spacial score (nSPS) is 19.0. The molecule has 1 aliphatic rings. The Hall–Kier alpha value is -1.46. The number of hydrogen-bond donors (Lipinski definition) is 1. The fourth-order valence-corrected chi connectivity index (χ4v) is 3.98. The lowest BCUT2D eigenvalue weighted by Crippen LogP contribution is -2.26. The van der Waals surface area contributed by atoms with E-state index in [2.05, 4.69) is 41.1 Å². The number of aryl methyl sites for hydroxylation is 1. The molecule has 3 rings (SSSR count). The summed E-state index contributed by atoms with van der Waals surface area (Å²) in [6.07, 6.45) is 6.44. The average molecular weight is 331 g/mol. The number of imidazole rings is 1. The number of benzene rings is 1. The van der Waals surface area contributed by atoms with Crippen molar-refractivity contribution in [2.45, 2.75) is 37.7 Å². The monoisotopic (exact) mass is 331 g/mol. The van der Waals surface area contributed by atoms with E-state index in [0.717, 1.165) is 23.4 Å². The maximum absolute atomic E-state index is 5.80. The Morgan fingerprint density at radius 3 is 2.87 bits per heavy atom. The van der Waals surface area contributed by atoms with E-state index in [1.54, 1.807) is 6.20 Å². The van der Waals surface area contributed by atoms with Crippen molar-refractivity contribution in [2.75, 3.05) is 12.3 Å². The second-order valence-electron chi connectivity index (χ2n) is 6.08. The van der Waals surface area contributed by atoms with Crippen LogP contribution in [-0.4, -0.2) is 27.1 Å². The molecule has 2 aromatic rings. The van der Waals surface area contributed by atoms with E-state index >= 15 is 0 Å². The van der Waals surface area contributed by atoms with Gasteiger partial charge in [-0.1, -0.05) is 12.1 Å². The van der Waals surface area contributed by atoms with Crippen molar-refractivity contribution in [3.8, 4) is 5.75 Å². The van der Waals surface area contributed by atoms with Gasteiger partial charge in [0, 0.05) is 37.3 Å². The summed E-state index contributed by atoms with van der Waals surface area (Å²) in [5.74, 6) is 3.14. The number of thioether (sulfide) groups is 1. The van der Waals surface area contributed by atoms with Crippen LogP contribution in [0.4, 0.5) is 0 Å². The predicted molar refractivity (Wildman–Crippen MR) is 95.9 cm³/mol. The molecule has 1 aromatic heterocycles. The molecule has 23 heavy (non-hydrogen) atoms. The van der Waals surface area contributed by atoms with E-state index in [9.17, 15) is 0 Å². The quantitative estimate of drug-likeness (QED) is 0.842. The fourth-order valence-electron chi connectivity index (χ4n) is 2.77. The lowest BCUT2D eigenvalue weighted by atomic mass is 10.1. The Labute approximate surface area is 142 Å². The highest BCUT2D eigenvalue weighted by atomic mass is 32.2. The summed E-state index contributed by atoms with van der Waals surface area (Å²) in [5.41, 5.74) is 1.30. The molecule has 0 bridgehead atoms. The molecule has 1 aliphatic heterocycles. The fraction of sp³-hybridized carbons (Fsp3) is 0.500. The number of nitrogens with zero attached hydrogens (tertiary/aromatic N) is 2. The van der Waals surface area contributed by atoms with Crippen LogP contribution in [-0.2, 0) is 13.7 Å². The lowest BCUT2D eigenvalue weighted by molar-refractivity contribution is 0.291. The van der Waals surface area contributed by atoms with Crippen LogP contribution in [0.15, 0.2) is 36.7 Å². The first-order chi connectivity index (χ1) is 11.2. The first-order valence-electron chi connectivity index (χ1n) is 8.26. The van der Waals surface area contributed by atoms with E-state index in [1.165, 1.54) is 24.2 Å². The van der Waals surface area contributed by atoms with Crippen molar-refractivity contribution < 1.29 is 4.74 Å². The van der Waals surface area contributed by atoms with Crippen molar-refractivity contribution in [1.29, 1.82) is 0 Å². The van der Waals surface area contributed by atoms with Crippen LogP contribution in [0.25, 0.3) is 0 Å². The third-order valence-corrected chi connectivity index (χ3v) is 5.74. The maximum Gasteiger partial charge on any atom is 0.146 e. The maximum atomic E-state index is 5.80. The largest absolute Gasteiger partial charge is 0.486 e. The van der Waals surface area contributed by atoms with Crippen molar-refractivity contribution in [3.05, 3.63) is 48.0 Å². The summed E-state index contributed by atoms with van der Waals surface area (Å²) in [6, 6.07) is 8.75. The molecule has 0 unspecified atom stereocenters. The molecular formula is C18H25N3OS. The zero-order valence-corrected chi connectivity index (χ0v) is 14.7. The molecule has 1 N–H and O–H groups in total. The molecule has 4 nitrogen and oxygen atoms in total. The van der Waals surface area contributed by atoms with Crippen molar-refractivity contribution in [2.24, 2.45) is 7.05 Å². The molecule has 0 amide bonds. The third-order valence-electron chi connectivity index (χ3n) is 4.34. The van der Waals surface area contributed by atoms with Gasteiger partial charge in [0.1, 0.15) is 18.2 Å². The molecule has 0 radical (unpaired) electrons. The van der Waals surface area contributed by atoms with Gasteiger partial charge in [-0.2, -0.15) is 11.8 Å². The molecule has 2 heterocycles. The number of nitrogens with one attached hydrogen (secondary N) is 1. The molecule has 0 spiro atoms. The SMILES string of the molecule is C[C@H](NC[C@@H]1CCCS1)c1ccc(OCc2nccn2C)cc1. The third kappa shape index (κ3) is 4.52. The van der Waals surface area contributed by atoms with E-state index < -0.39 is 0 Å². The van der Waals surface area contributed by atoms with Gasteiger partial charge in [0.15, 0.2) is 0 Å². The first kappa shape index (κ1) is 16.4. The molecule has 2 atom stereocenters. The van der Waals surface area contributed by atoms with Crippen molar-refractivity contribution >= 4 is 11.8 Å². The van der Waals surface area contributed by atoms with E-state index in [0.29, 0.717) is 12.6 Å². The topological polar surface area (TPSA) is 39.1 Å². The van der Waals surface area contributed by atoms with Gasteiger partial charge in [-0.15, -0.1) is 0 Å². The summed E-state index contributed by atoms with van der Waals surface area (Å²) < 4.78 is 7.77. The Bertz CT molecular complexity index is 605. The highest BCUT2D eigenvalue weighted by molar-refractivity contribution is 8.00. The standard InChI is InChI=1S/C18H25N3OS/c1-14(20-12-17-4-3-11-23-17)15-5-7-16(8-6-15)22-13-18-19-9-10-21(18)2/h5-10,14,17,20H,3-4,11-13H2,1-2H3/t14-,17-/m0/s1. The van der Waals surface area contributed by atoms with Crippen LogP contribution in [0.5, 0.6) is 5.75 Å². The molecule has 5 heteroatoms. The zero-order chi connectivity index (χ0) is 16.1. The van der Waals surface area contributed by atoms with Gasteiger partial charge in [-0.3, -0.25) is 0 Å². The minimum Gasteiger partial charge on any atom is -0.486 e. The van der Waals surface area contributed by atoms with Crippen molar-refractivity contribution in [3.63, 3.8) is 0 Å². The molecular weight excluding hydrogens is 306 g/mol. The first-order valence-corrected chi connectivity index (χ1v) is 9.31. The Morgan fingerprint density at radius 1 is 1.39 bits per heavy atom. The van der Waals surface area contributed by atoms with Crippen LogP contribution in [0, 0.1) is 0 Å². The zero-order valence-electron chi connectivity index (χ0n) is 13.9. The average Bonchev–Trinajstić information content (AvgIpc) is 3.23. The predicted octanol–water partition coefficient (Wildman–Crippen LogP) is 3.55. The van der Waals surface area contributed by atoms with Crippen LogP contribution in [0.3, 0.4) is 0 Å². The van der Waals surface area contributed by atoms with Crippen LogP contribution in [0.1, 0.15) is 37.2 Å². The Kier molecular flexibility index (Phi) is 5.62. The number of aromatic nitrogens is 2. The smallest absolute Gasteiger partial charge is 0.146 e. The summed E-state index contributed by atoms with van der Waals surface area (Å²) in [4.78, 5) is 4.26. The Morgan fingerprint density at radius 2 is 2.22 bits per heavy atom. The molecule has 1 fully saturated rings. The highest BCUT2D eigenvalue weighted by Gasteiger charge is 2.16. The van der Waals surface area contributed by atoms with Gasteiger partial charge in [-0.25, -0.2) is 4.98 Å². The summed E-state index contributed by atoms with van der Waals surface area (Å²) in [7, 11) is 1.98. The second kappa shape index (κ2) is 7.88. The van der Waals surface area contributed by atoms with Gasteiger partial charge in [-0.05, 0) is 43.2 Å². The van der Waals surface area contributed by atoms with Gasteiger partial charge in [0.25, 0.3) is 0 Å². The van der Waals surface area contributed by atoms with Gasteiger partial charge >= 0.3 is 0 Å². The number of ether oxygens (including phenoxy) is 1. The van der Waals surface area contributed by atoms with Crippen molar-refractivity contribution in [1.82, 2.24) is 14.9 Å². The second-order valence-corrected chi connectivity index (χ2v) is 7.49. The van der Waals surface area contributed by atoms with Gasteiger partial charge < -0.3 is 14.6 Å². The molecule has 124 valence electrons. The van der Waals surface area contributed by atoms with E-state index in [-0.39, 0.29) is 0 Å². The van der Waals surface area contributed by atoms with E-state index in [4.69, 9.17) is 4.74 Å². The van der Waals surface area contributed by atoms with Gasteiger partial charge in [0.05, 0.1) is 0 Å².